The number of rotatable bonds is 7. The smallest absolute Gasteiger partial charge is 0.342 e. The van der Waals surface area contributed by atoms with Crippen molar-refractivity contribution in [1.29, 1.82) is 0 Å². The van der Waals surface area contributed by atoms with E-state index < -0.39 is 0 Å². The molecule has 1 amide bonds. The Balaban J connectivity index is 1.50. The van der Waals surface area contributed by atoms with E-state index in [0.29, 0.717) is 15.7 Å². The van der Waals surface area contributed by atoms with Crippen molar-refractivity contribution in [3.8, 4) is 22.8 Å². The SMILES string of the molecule is O=C(CSc1n[nH]c(-c2ccccc2)[n+]1-c1ccc(Cl)cc1)NN=Cc1cccc(O)c1. The lowest BCUT2D eigenvalue weighted by molar-refractivity contribution is -0.625. The Morgan fingerprint density at radius 1 is 1.12 bits per heavy atom. The fraction of sp³-hybridized carbons (Fsp3) is 0.0435. The number of aromatic amines is 1. The maximum absolute atomic E-state index is 12.3. The number of carbonyl (C=O) groups is 1. The van der Waals surface area contributed by atoms with Gasteiger partial charge >= 0.3 is 5.16 Å². The van der Waals surface area contributed by atoms with Crippen LogP contribution in [0.3, 0.4) is 0 Å². The van der Waals surface area contributed by atoms with Gasteiger partial charge < -0.3 is 5.11 Å². The lowest BCUT2D eigenvalue weighted by atomic mass is 10.2. The van der Waals surface area contributed by atoms with E-state index in [9.17, 15) is 9.90 Å². The highest BCUT2D eigenvalue weighted by molar-refractivity contribution is 7.99. The molecule has 0 fully saturated rings. The number of hydrogen-bond donors (Lipinski definition) is 3. The Hall–Kier alpha value is -3.62. The standard InChI is InChI=1S/C23H18ClN5O2S/c24-18-9-11-19(12-10-18)29-22(17-6-2-1-3-7-17)27-28-23(29)32-15-21(31)26-25-14-16-5-4-8-20(30)13-16/h1-14H,15H2,(H2,26,30,31)/p+1. The largest absolute Gasteiger partial charge is 0.508 e. The normalized spacial score (nSPS) is 11.0. The van der Waals surface area contributed by atoms with Gasteiger partial charge in [0.1, 0.15) is 11.4 Å². The molecule has 7 nitrogen and oxygen atoms in total. The fourth-order valence-electron chi connectivity index (χ4n) is 2.96. The van der Waals surface area contributed by atoms with Gasteiger partial charge in [0.2, 0.25) is 0 Å². The van der Waals surface area contributed by atoms with Gasteiger partial charge in [-0.05, 0) is 65.9 Å². The Morgan fingerprint density at radius 3 is 2.66 bits per heavy atom. The van der Waals surface area contributed by atoms with Crippen molar-refractivity contribution in [1.82, 2.24) is 15.6 Å². The molecular formula is C23H19ClN5O2S+. The molecule has 1 aromatic heterocycles. The summed E-state index contributed by atoms with van der Waals surface area (Å²) in [5.74, 6) is 0.760. The van der Waals surface area contributed by atoms with E-state index in [1.165, 1.54) is 18.0 Å². The lowest BCUT2D eigenvalue weighted by Crippen LogP contribution is -2.34. The van der Waals surface area contributed by atoms with Gasteiger partial charge in [-0.2, -0.15) is 9.67 Å². The van der Waals surface area contributed by atoms with Crippen molar-refractivity contribution in [2.45, 2.75) is 5.16 Å². The van der Waals surface area contributed by atoms with Gasteiger partial charge in [0.05, 0.1) is 22.6 Å². The third-order valence-corrected chi connectivity index (χ3v) is 5.60. The number of benzene rings is 3. The Labute approximate surface area is 193 Å². The van der Waals surface area contributed by atoms with Crippen LogP contribution in [0.25, 0.3) is 17.1 Å². The van der Waals surface area contributed by atoms with Gasteiger partial charge in [-0.25, -0.2) is 5.43 Å². The Bertz CT molecular complexity index is 1240. The third kappa shape index (κ3) is 5.35. The second kappa shape index (κ2) is 10.1. The molecule has 4 aromatic rings. The predicted molar refractivity (Wildman–Crippen MR) is 125 cm³/mol. The zero-order chi connectivity index (χ0) is 22.3. The molecule has 0 aliphatic rings. The number of thioether (sulfide) groups is 1. The fourth-order valence-corrected chi connectivity index (χ4v) is 3.85. The molecule has 4 rings (SSSR count). The highest BCUT2D eigenvalue weighted by Gasteiger charge is 2.24. The summed E-state index contributed by atoms with van der Waals surface area (Å²) in [5, 5.41) is 22.2. The summed E-state index contributed by atoms with van der Waals surface area (Å²) in [5.41, 5.74) is 5.00. The number of halogens is 1. The molecule has 0 bridgehead atoms. The van der Waals surface area contributed by atoms with Crippen molar-refractivity contribution >= 4 is 35.5 Å². The first kappa shape index (κ1) is 21.6. The maximum atomic E-state index is 12.3. The van der Waals surface area contributed by atoms with Crippen LogP contribution in [0.1, 0.15) is 5.56 Å². The molecule has 3 aromatic carbocycles. The minimum absolute atomic E-state index is 0.115. The molecule has 0 aliphatic heterocycles. The average Bonchev–Trinajstić information content (AvgIpc) is 3.23. The van der Waals surface area contributed by atoms with Crippen LogP contribution in [0.2, 0.25) is 5.02 Å². The van der Waals surface area contributed by atoms with Gasteiger partial charge in [-0.15, -0.1) is 5.10 Å². The number of amides is 1. The van der Waals surface area contributed by atoms with E-state index in [1.807, 2.05) is 59.2 Å². The summed E-state index contributed by atoms with van der Waals surface area (Å²) in [4.78, 5) is 12.3. The van der Waals surface area contributed by atoms with E-state index in [2.05, 4.69) is 20.7 Å². The Morgan fingerprint density at radius 2 is 1.91 bits per heavy atom. The summed E-state index contributed by atoms with van der Waals surface area (Å²) in [6.07, 6.45) is 1.47. The highest BCUT2D eigenvalue weighted by atomic mass is 35.5. The quantitative estimate of drug-likeness (QED) is 0.167. The van der Waals surface area contributed by atoms with Crippen LogP contribution in [0.15, 0.2) is 89.1 Å². The number of hydrazone groups is 1. The summed E-state index contributed by atoms with van der Waals surface area (Å²) < 4.78 is 1.94. The number of H-pyrrole nitrogens is 1. The van der Waals surface area contributed by atoms with Crippen molar-refractivity contribution in [3.05, 3.63) is 89.4 Å². The molecule has 0 aliphatic carbocycles. The number of aromatic hydroxyl groups is 1. The van der Waals surface area contributed by atoms with Crippen LogP contribution in [0.5, 0.6) is 5.75 Å². The van der Waals surface area contributed by atoms with E-state index in [1.54, 1.807) is 24.3 Å². The van der Waals surface area contributed by atoms with Crippen LogP contribution in [-0.2, 0) is 4.79 Å². The minimum Gasteiger partial charge on any atom is -0.508 e. The molecule has 0 radical (unpaired) electrons. The van der Waals surface area contributed by atoms with Gasteiger partial charge in [0, 0.05) is 5.02 Å². The zero-order valence-electron chi connectivity index (χ0n) is 16.8. The second-order valence-corrected chi connectivity index (χ2v) is 8.09. The van der Waals surface area contributed by atoms with E-state index >= 15 is 0 Å². The molecule has 0 spiro atoms. The minimum atomic E-state index is -0.279. The van der Waals surface area contributed by atoms with Crippen molar-refractivity contribution in [3.63, 3.8) is 0 Å². The number of phenols is 1. The van der Waals surface area contributed by atoms with Crippen LogP contribution >= 0.6 is 23.4 Å². The topological polar surface area (TPSA) is 94.3 Å². The number of carbonyl (C=O) groups excluding carboxylic acids is 1. The monoisotopic (exact) mass is 464 g/mol. The van der Waals surface area contributed by atoms with Crippen LogP contribution < -0.4 is 9.99 Å². The first-order valence-corrected chi connectivity index (χ1v) is 11.0. The molecule has 1 heterocycles. The van der Waals surface area contributed by atoms with Gasteiger partial charge in [-0.1, -0.05) is 41.9 Å². The number of nitrogens with one attached hydrogen (secondary N) is 2. The molecule has 32 heavy (non-hydrogen) atoms. The van der Waals surface area contributed by atoms with Crippen LogP contribution in [-0.4, -0.2) is 33.2 Å². The van der Waals surface area contributed by atoms with Gasteiger partial charge in [0.25, 0.3) is 11.7 Å². The summed E-state index contributed by atoms with van der Waals surface area (Å²) >= 11 is 7.34. The molecular weight excluding hydrogens is 446 g/mol. The first-order chi connectivity index (χ1) is 15.6. The highest BCUT2D eigenvalue weighted by Crippen LogP contribution is 2.21. The van der Waals surface area contributed by atoms with Crippen molar-refractivity contribution < 1.29 is 14.5 Å². The summed E-state index contributed by atoms with van der Waals surface area (Å²) in [7, 11) is 0. The van der Waals surface area contributed by atoms with Crippen molar-refractivity contribution in [2.24, 2.45) is 5.10 Å². The molecule has 0 saturated carbocycles. The molecule has 0 saturated heterocycles. The maximum Gasteiger partial charge on any atom is 0.342 e. The van der Waals surface area contributed by atoms with Gasteiger partial charge in [0.15, 0.2) is 0 Å². The number of nitrogens with zero attached hydrogens (tertiary/aromatic N) is 3. The zero-order valence-corrected chi connectivity index (χ0v) is 18.3. The first-order valence-electron chi connectivity index (χ1n) is 9.65. The van der Waals surface area contributed by atoms with E-state index in [4.69, 9.17) is 11.6 Å². The second-order valence-electron chi connectivity index (χ2n) is 6.71. The lowest BCUT2D eigenvalue weighted by Gasteiger charge is -2.04. The summed E-state index contributed by atoms with van der Waals surface area (Å²) in [6.45, 7) is 0. The summed E-state index contributed by atoms with van der Waals surface area (Å²) in [6, 6.07) is 23.8. The van der Waals surface area contributed by atoms with Crippen LogP contribution in [0, 0.1) is 0 Å². The van der Waals surface area contributed by atoms with Crippen LogP contribution in [0.4, 0.5) is 0 Å². The molecule has 0 atom stereocenters. The molecule has 3 N–H and O–H groups in total. The Kier molecular flexibility index (Phi) is 6.84. The number of phenolic OH excluding ortho intramolecular Hbond substituents is 1. The molecule has 9 heteroatoms. The molecule has 160 valence electrons. The third-order valence-electron chi connectivity index (χ3n) is 4.41. The average molecular weight is 465 g/mol. The number of hydrogen-bond acceptors (Lipinski definition) is 5. The van der Waals surface area contributed by atoms with E-state index in [-0.39, 0.29) is 17.4 Å². The number of aromatic nitrogens is 3. The van der Waals surface area contributed by atoms with Gasteiger partial charge in [-0.3, -0.25) is 4.79 Å². The van der Waals surface area contributed by atoms with E-state index in [0.717, 1.165) is 17.1 Å². The predicted octanol–water partition coefficient (Wildman–Crippen LogP) is 3.95. The van der Waals surface area contributed by atoms with Crippen molar-refractivity contribution in [2.75, 3.05) is 5.75 Å². The molecule has 0 unspecified atom stereocenters.